The zero-order valence-corrected chi connectivity index (χ0v) is 12.4. The van der Waals surface area contributed by atoms with Gasteiger partial charge in [0.15, 0.2) is 0 Å². The van der Waals surface area contributed by atoms with E-state index in [4.69, 9.17) is 0 Å². The fourth-order valence-corrected chi connectivity index (χ4v) is 4.13. The van der Waals surface area contributed by atoms with Crippen LogP contribution in [0.25, 0.3) is 0 Å². The third-order valence-electron chi connectivity index (χ3n) is 5.41. The van der Waals surface area contributed by atoms with Crippen LogP contribution in [0.15, 0.2) is 0 Å². The minimum atomic E-state index is 0.879. The summed E-state index contributed by atoms with van der Waals surface area (Å²) >= 11 is 0. The zero-order valence-electron chi connectivity index (χ0n) is 12.4. The summed E-state index contributed by atoms with van der Waals surface area (Å²) in [5, 5.41) is 3.54. The molecule has 0 saturated carbocycles. The molecule has 0 aliphatic carbocycles. The first-order chi connectivity index (χ1) is 9.42. The minimum absolute atomic E-state index is 0.879. The van der Waals surface area contributed by atoms with E-state index >= 15 is 0 Å². The molecular weight excluding hydrogens is 234 g/mol. The van der Waals surface area contributed by atoms with Crippen molar-refractivity contribution in [1.29, 1.82) is 0 Å². The van der Waals surface area contributed by atoms with Gasteiger partial charge in [-0.1, -0.05) is 6.42 Å². The largest absolute Gasteiger partial charge is 0.316 e. The van der Waals surface area contributed by atoms with Crippen molar-refractivity contribution >= 4 is 0 Å². The molecule has 2 unspecified atom stereocenters. The van der Waals surface area contributed by atoms with Crippen LogP contribution in [-0.2, 0) is 0 Å². The van der Waals surface area contributed by atoms with Gasteiger partial charge in [-0.15, -0.1) is 0 Å². The highest BCUT2D eigenvalue weighted by atomic mass is 15.3. The maximum atomic E-state index is 3.54. The van der Waals surface area contributed by atoms with E-state index in [1.54, 1.807) is 0 Å². The van der Waals surface area contributed by atoms with Gasteiger partial charge in [-0.2, -0.15) is 0 Å². The van der Waals surface area contributed by atoms with E-state index in [1.165, 1.54) is 90.8 Å². The second-order valence-corrected chi connectivity index (χ2v) is 6.84. The average molecular weight is 265 g/mol. The van der Waals surface area contributed by atoms with E-state index in [2.05, 4.69) is 15.1 Å². The molecule has 19 heavy (non-hydrogen) atoms. The highest BCUT2D eigenvalue weighted by molar-refractivity contribution is 4.85. The fourth-order valence-electron chi connectivity index (χ4n) is 4.13. The lowest BCUT2D eigenvalue weighted by Crippen LogP contribution is -2.41. The second kappa shape index (κ2) is 7.05. The zero-order chi connectivity index (χ0) is 12.9. The molecule has 0 aromatic heterocycles. The highest BCUT2D eigenvalue weighted by Crippen LogP contribution is 2.21. The van der Waals surface area contributed by atoms with Crippen LogP contribution in [0.3, 0.4) is 0 Å². The molecular formula is C16H31N3. The summed E-state index contributed by atoms with van der Waals surface area (Å²) in [5.41, 5.74) is 0. The molecule has 0 bridgehead atoms. The quantitative estimate of drug-likeness (QED) is 0.838. The Labute approximate surface area is 118 Å². The summed E-state index contributed by atoms with van der Waals surface area (Å²) in [6.45, 7) is 9.29. The number of rotatable bonds is 4. The van der Waals surface area contributed by atoms with Gasteiger partial charge in [-0.05, 0) is 83.7 Å². The minimum Gasteiger partial charge on any atom is -0.316 e. The lowest BCUT2D eigenvalue weighted by molar-refractivity contribution is 0.160. The lowest BCUT2D eigenvalue weighted by atomic mass is 9.96. The van der Waals surface area contributed by atoms with E-state index in [9.17, 15) is 0 Å². The summed E-state index contributed by atoms with van der Waals surface area (Å²) < 4.78 is 0. The number of likely N-dealkylation sites (tertiary alicyclic amines) is 2. The third-order valence-corrected chi connectivity index (χ3v) is 5.41. The molecule has 1 N–H and O–H groups in total. The Morgan fingerprint density at radius 3 is 2.63 bits per heavy atom. The molecule has 0 radical (unpaired) electrons. The highest BCUT2D eigenvalue weighted by Gasteiger charge is 2.28. The first-order valence-electron chi connectivity index (χ1n) is 8.59. The monoisotopic (exact) mass is 265 g/mol. The summed E-state index contributed by atoms with van der Waals surface area (Å²) in [4.78, 5) is 5.50. The number of nitrogens with one attached hydrogen (secondary N) is 1. The van der Waals surface area contributed by atoms with E-state index in [1.807, 2.05) is 0 Å². The van der Waals surface area contributed by atoms with Crippen molar-refractivity contribution in [3.8, 4) is 0 Å². The smallest absolute Gasteiger partial charge is 0.0235 e. The van der Waals surface area contributed by atoms with Gasteiger partial charge in [0.25, 0.3) is 0 Å². The molecule has 0 aromatic rings. The molecule has 3 rings (SSSR count). The number of piperidine rings is 2. The van der Waals surface area contributed by atoms with Gasteiger partial charge in [0.2, 0.25) is 0 Å². The predicted octanol–water partition coefficient (Wildman–Crippen LogP) is 1.94. The maximum Gasteiger partial charge on any atom is 0.0235 e. The third kappa shape index (κ3) is 3.93. The normalized spacial score (nSPS) is 34.7. The summed E-state index contributed by atoms with van der Waals surface area (Å²) in [6, 6.07) is 0.879. The van der Waals surface area contributed by atoms with Crippen molar-refractivity contribution in [3.63, 3.8) is 0 Å². The van der Waals surface area contributed by atoms with Crippen LogP contribution >= 0.6 is 0 Å². The van der Waals surface area contributed by atoms with E-state index in [0.717, 1.165) is 12.0 Å². The fraction of sp³-hybridized carbons (Fsp3) is 1.00. The average Bonchev–Trinajstić information content (AvgIpc) is 2.96. The Balaban J connectivity index is 1.36. The Bertz CT molecular complexity index is 257. The van der Waals surface area contributed by atoms with E-state index in [-0.39, 0.29) is 0 Å². The molecule has 3 heteroatoms. The molecule has 3 aliphatic heterocycles. The van der Waals surface area contributed by atoms with Crippen molar-refractivity contribution in [2.24, 2.45) is 5.92 Å². The second-order valence-electron chi connectivity index (χ2n) is 6.84. The van der Waals surface area contributed by atoms with Crippen LogP contribution in [0.5, 0.6) is 0 Å². The first kappa shape index (κ1) is 13.8. The van der Waals surface area contributed by atoms with Crippen LogP contribution in [0.2, 0.25) is 0 Å². The molecule has 2 atom stereocenters. The van der Waals surface area contributed by atoms with Crippen molar-refractivity contribution in [2.75, 3.05) is 45.8 Å². The van der Waals surface area contributed by atoms with Crippen LogP contribution in [0, 0.1) is 5.92 Å². The van der Waals surface area contributed by atoms with Crippen LogP contribution in [-0.4, -0.2) is 61.7 Å². The van der Waals surface area contributed by atoms with Crippen molar-refractivity contribution in [2.45, 2.75) is 51.0 Å². The van der Waals surface area contributed by atoms with Gasteiger partial charge >= 0.3 is 0 Å². The Hall–Kier alpha value is -0.120. The summed E-state index contributed by atoms with van der Waals surface area (Å²) in [5.74, 6) is 0.947. The van der Waals surface area contributed by atoms with Crippen LogP contribution < -0.4 is 5.32 Å². The summed E-state index contributed by atoms with van der Waals surface area (Å²) in [7, 11) is 0. The molecule has 3 heterocycles. The standard InChI is InChI=1S/C16H31N3/c1-2-9-19(10-3-1)16-7-12-18(14-16)11-6-15-5-4-8-17-13-15/h15-17H,1-14H2. The summed E-state index contributed by atoms with van der Waals surface area (Å²) in [6.07, 6.45) is 10.0. The van der Waals surface area contributed by atoms with Crippen LogP contribution in [0.4, 0.5) is 0 Å². The van der Waals surface area contributed by atoms with Gasteiger partial charge in [-0.3, -0.25) is 4.90 Å². The Morgan fingerprint density at radius 2 is 1.84 bits per heavy atom. The Kier molecular flexibility index (Phi) is 5.14. The molecule has 3 nitrogen and oxygen atoms in total. The van der Waals surface area contributed by atoms with Gasteiger partial charge in [-0.25, -0.2) is 0 Å². The maximum absolute atomic E-state index is 3.54. The Morgan fingerprint density at radius 1 is 0.947 bits per heavy atom. The van der Waals surface area contributed by atoms with Gasteiger partial charge < -0.3 is 10.2 Å². The van der Waals surface area contributed by atoms with Crippen molar-refractivity contribution < 1.29 is 0 Å². The van der Waals surface area contributed by atoms with Crippen molar-refractivity contribution in [3.05, 3.63) is 0 Å². The lowest BCUT2D eigenvalue weighted by Gasteiger charge is -2.32. The molecule has 3 saturated heterocycles. The van der Waals surface area contributed by atoms with Gasteiger partial charge in [0.05, 0.1) is 0 Å². The molecule has 3 aliphatic rings. The SMILES string of the molecule is C1CCN(C2CCN(CCC3CCCNC3)C2)CC1. The molecule has 0 amide bonds. The molecule has 110 valence electrons. The van der Waals surface area contributed by atoms with Gasteiger partial charge in [0, 0.05) is 12.6 Å². The predicted molar refractivity (Wildman–Crippen MR) is 80.5 cm³/mol. The topological polar surface area (TPSA) is 18.5 Å². The number of hydrogen-bond acceptors (Lipinski definition) is 3. The van der Waals surface area contributed by atoms with E-state index in [0.29, 0.717) is 0 Å². The number of hydrogen-bond donors (Lipinski definition) is 1. The van der Waals surface area contributed by atoms with E-state index < -0.39 is 0 Å². The van der Waals surface area contributed by atoms with Crippen molar-refractivity contribution in [1.82, 2.24) is 15.1 Å². The van der Waals surface area contributed by atoms with Crippen LogP contribution in [0.1, 0.15) is 44.9 Å². The molecule has 0 aromatic carbocycles. The first-order valence-corrected chi connectivity index (χ1v) is 8.59. The molecule has 0 spiro atoms. The van der Waals surface area contributed by atoms with Gasteiger partial charge in [0.1, 0.15) is 0 Å². The molecule has 3 fully saturated rings. The number of nitrogens with zero attached hydrogens (tertiary/aromatic N) is 2.